The second-order valence-corrected chi connectivity index (χ2v) is 7.61. The van der Waals surface area contributed by atoms with Gasteiger partial charge in [0, 0.05) is 20.1 Å². The van der Waals surface area contributed by atoms with Gasteiger partial charge in [0.15, 0.2) is 0 Å². The molecule has 1 N–H and O–H groups in total. The minimum atomic E-state index is -0.284. The van der Waals surface area contributed by atoms with Crippen molar-refractivity contribution in [1.29, 1.82) is 0 Å². The average Bonchev–Trinajstić information content (AvgIpc) is 2.54. The van der Waals surface area contributed by atoms with Gasteiger partial charge in [-0.3, -0.25) is 0 Å². The molecule has 0 aromatic carbocycles. The largest absolute Gasteiger partial charge is 0.396 e. The van der Waals surface area contributed by atoms with Crippen LogP contribution in [-0.4, -0.2) is 30.7 Å². The predicted octanol–water partition coefficient (Wildman–Crippen LogP) is 4.94. The molecule has 140 valence electrons. The highest BCUT2D eigenvalue weighted by atomic mass is 16.5. The van der Waals surface area contributed by atoms with Crippen molar-refractivity contribution in [2.75, 3.05) is 13.7 Å². The Bertz CT molecular complexity index is 398. The van der Waals surface area contributed by atoms with E-state index in [1.807, 2.05) is 6.92 Å². The van der Waals surface area contributed by atoms with Gasteiger partial charge in [-0.05, 0) is 57.3 Å². The smallest absolute Gasteiger partial charge is 0.124 e. The molecular weight excluding hydrogens is 300 g/mol. The normalized spacial score (nSPS) is 17.9. The average molecular weight is 339 g/mol. The third-order valence-electron chi connectivity index (χ3n) is 4.86. The Labute approximate surface area is 149 Å². The Morgan fingerprint density at radius 3 is 2.42 bits per heavy atom. The van der Waals surface area contributed by atoms with Crippen molar-refractivity contribution in [1.82, 2.24) is 0 Å². The lowest BCUT2D eigenvalue weighted by Crippen LogP contribution is -2.24. The Morgan fingerprint density at radius 1 is 1.25 bits per heavy atom. The fraction of sp³-hybridized carbons (Fsp3) is 0.762. The number of hydrogen-bond donors (Lipinski definition) is 1. The monoisotopic (exact) mass is 338 g/mol. The molecule has 0 amide bonds. The lowest BCUT2D eigenvalue weighted by atomic mass is 9.86. The van der Waals surface area contributed by atoms with Gasteiger partial charge in [0.2, 0.25) is 0 Å². The SMILES string of the molecule is CO[C@@](C)(/C=C/[C@@H](CC[C@@H](C)CO)C(C)C)CC/C=C(\C)CC=O. The lowest BCUT2D eigenvalue weighted by Gasteiger charge is -2.26. The van der Waals surface area contributed by atoms with E-state index in [1.54, 1.807) is 7.11 Å². The summed E-state index contributed by atoms with van der Waals surface area (Å²) in [5, 5.41) is 9.20. The molecule has 0 fully saturated rings. The molecule has 0 rings (SSSR count). The van der Waals surface area contributed by atoms with E-state index in [-0.39, 0.29) is 12.2 Å². The second kappa shape index (κ2) is 12.4. The van der Waals surface area contributed by atoms with Crippen LogP contribution in [0, 0.1) is 17.8 Å². The number of aliphatic hydroxyl groups excluding tert-OH is 1. The van der Waals surface area contributed by atoms with E-state index in [1.165, 1.54) is 0 Å². The van der Waals surface area contributed by atoms with Gasteiger partial charge >= 0.3 is 0 Å². The topological polar surface area (TPSA) is 46.5 Å². The van der Waals surface area contributed by atoms with E-state index in [0.717, 1.165) is 37.5 Å². The van der Waals surface area contributed by atoms with Gasteiger partial charge in [0.1, 0.15) is 6.29 Å². The molecule has 0 aliphatic heterocycles. The number of methoxy groups -OCH3 is 1. The van der Waals surface area contributed by atoms with Gasteiger partial charge in [0.05, 0.1) is 5.60 Å². The number of carbonyl (C=O) groups is 1. The molecule has 0 aromatic rings. The Kier molecular flexibility index (Phi) is 12.0. The lowest BCUT2D eigenvalue weighted by molar-refractivity contribution is -0.107. The van der Waals surface area contributed by atoms with Crippen molar-refractivity contribution >= 4 is 6.29 Å². The third-order valence-corrected chi connectivity index (χ3v) is 4.86. The third kappa shape index (κ3) is 10.0. The van der Waals surface area contributed by atoms with E-state index in [4.69, 9.17) is 4.74 Å². The molecule has 0 unspecified atom stereocenters. The number of allylic oxidation sites excluding steroid dienone is 3. The van der Waals surface area contributed by atoms with Crippen molar-refractivity contribution in [3.05, 3.63) is 23.8 Å². The van der Waals surface area contributed by atoms with Crippen LogP contribution >= 0.6 is 0 Å². The van der Waals surface area contributed by atoms with Crippen molar-refractivity contribution in [2.45, 2.75) is 72.3 Å². The summed E-state index contributed by atoms with van der Waals surface area (Å²) < 4.78 is 5.73. The standard InChI is InChI=1S/C21H38O3/c1-17(2)20(10-9-19(4)16-23)11-14-21(5,24-6)13-7-8-18(3)12-15-22/h8,11,14-15,17,19-20,23H,7,9-10,12-13,16H2,1-6H3/b14-11+,18-8+/t19-,20-,21-/m1/s1. The summed E-state index contributed by atoms with van der Waals surface area (Å²) in [4.78, 5) is 10.5. The van der Waals surface area contributed by atoms with Crippen LogP contribution in [0.4, 0.5) is 0 Å². The van der Waals surface area contributed by atoms with Crippen molar-refractivity contribution in [2.24, 2.45) is 17.8 Å². The minimum absolute atomic E-state index is 0.261. The first-order chi connectivity index (χ1) is 11.3. The molecule has 0 radical (unpaired) electrons. The van der Waals surface area contributed by atoms with Gasteiger partial charge in [0.25, 0.3) is 0 Å². The first-order valence-corrected chi connectivity index (χ1v) is 9.22. The van der Waals surface area contributed by atoms with Gasteiger partial charge in [-0.2, -0.15) is 0 Å². The van der Waals surface area contributed by atoms with Crippen LogP contribution in [0.1, 0.15) is 66.7 Å². The zero-order valence-corrected chi connectivity index (χ0v) is 16.5. The summed E-state index contributed by atoms with van der Waals surface area (Å²) in [6.45, 7) is 10.9. The summed E-state index contributed by atoms with van der Waals surface area (Å²) in [5.41, 5.74) is 0.832. The van der Waals surface area contributed by atoms with Crippen LogP contribution < -0.4 is 0 Å². The number of carbonyl (C=O) groups excluding carboxylic acids is 1. The van der Waals surface area contributed by atoms with Crippen LogP contribution in [0.25, 0.3) is 0 Å². The molecule has 0 aliphatic rings. The summed E-state index contributed by atoms with van der Waals surface area (Å²) in [5.74, 6) is 1.43. The molecular formula is C21H38O3. The molecule has 0 aromatic heterocycles. The number of aliphatic hydroxyl groups is 1. The van der Waals surface area contributed by atoms with E-state index < -0.39 is 0 Å². The maximum absolute atomic E-state index is 10.5. The van der Waals surface area contributed by atoms with Crippen molar-refractivity contribution < 1.29 is 14.6 Å². The van der Waals surface area contributed by atoms with E-state index >= 15 is 0 Å². The predicted molar refractivity (Wildman–Crippen MR) is 102 cm³/mol. The molecule has 0 saturated heterocycles. The quantitative estimate of drug-likeness (QED) is 0.382. The number of hydrogen-bond acceptors (Lipinski definition) is 3. The zero-order valence-electron chi connectivity index (χ0n) is 16.5. The maximum atomic E-state index is 10.5. The van der Waals surface area contributed by atoms with Crippen LogP contribution in [-0.2, 0) is 9.53 Å². The minimum Gasteiger partial charge on any atom is -0.396 e. The highest BCUT2D eigenvalue weighted by Crippen LogP contribution is 2.25. The maximum Gasteiger partial charge on any atom is 0.124 e. The van der Waals surface area contributed by atoms with Crippen LogP contribution in [0.2, 0.25) is 0 Å². The Hall–Kier alpha value is -0.930. The first kappa shape index (κ1) is 23.1. The highest BCUT2D eigenvalue weighted by Gasteiger charge is 2.20. The van der Waals surface area contributed by atoms with Gasteiger partial charge < -0.3 is 14.6 Å². The van der Waals surface area contributed by atoms with E-state index in [0.29, 0.717) is 24.2 Å². The number of ether oxygens (including phenoxy) is 1. The fourth-order valence-corrected chi connectivity index (χ4v) is 2.62. The van der Waals surface area contributed by atoms with Gasteiger partial charge in [-0.15, -0.1) is 0 Å². The summed E-state index contributed by atoms with van der Waals surface area (Å²) >= 11 is 0. The molecule has 0 spiro atoms. The van der Waals surface area contributed by atoms with E-state index in [9.17, 15) is 9.90 Å². The molecule has 0 aliphatic carbocycles. The van der Waals surface area contributed by atoms with Gasteiger partial charge in [-0.1, -0.05) is 44.6 Å². The molecule has 3 heteroatoms. The summed E-state index contributed by atoms with van der Waals surface area (Å²) in [6.07, 6.45) is 12.0. The summed E-state index contributed by atoms with van der Waals surface area (Å²) in [6, 6.07) is 0. The summed E-state index contributed by atoms with van der Waals surface area (Å²) in [7, 11) is 1.75. The first-order valence-electron chi connectivity index (χ1n) is 9.22. The highest BCUT2D eigenvalue weighted by molar-refractivity contribution is 5.53. The molecule has 24 heavy (non-hydrogen) atoms. The van der Waals surface area contributed by atoms with Crippen LogP contribution in [0.5, 0.6) is 0 Å². The zero-order chi connectivity index (χ0) is 18.6. The Balaban J connectivity index is 4.73. The molecule has 3 atom stereocenters. The molecule has 0 bridgehead atoms. The van der Waals surface area contributed by atoms with Crippen LogP contribution in [0.15, 0.2) is 23.8 Å². The number of rotatable bonds is 13. The second-order valence-electron chi connectivity index (χ2n) is 7.61. The fourth-order valence-electron chi connectivity index (χ4n) is 2.62. The Morgan fingerprint density at radius 2 is 1.92 bits per heavy atom. The van der Waals surface area contributed by atoms with Crippen LogP contribution in [0.3, 0.4) is 0 Å². The van der Waals surface area contributed by atoms with Crippen molar-refractivity contribution in [3.8, 4) is 0 Å². The van der Waals surface area contributed by atoms with Gasteiger partial charge in [-0.25, -0.2) is 0 Å². The van der Waals surface area contributed by atoms with E-state index in [2.05, 4.69) is 45.9 Å². The number of aldehydes is 1. The molecule has 0 saturated carbocycles. The molecule has 3 nitrogen and oxygen atoms in total. The molecule has 0 heterocycles. The van der Waals surface area contributed by atoms with Crippen molar-refractivity contribution in [3.63, 3.8) is 0 Å².